The predicted octanol–water partition coefficient (Wildman–Crippen LogP) is 4.70. The van der Waals surface area contributed by atoms with Crippen LogP contribution in [-0.4, -0.2) is 25.1 Å². The highest BCUT2D eigenvalue weighted by molar-refractivity contribution is 7.14. The Morgan fingerprint density at radius 1 is 1.04 bits per heavy atom. The summed E-state index contributed by atoms with van der Waals surface area (Å²) >= 11 is 1.37. The van der Waals surface area contributed by atoms with Crippen LogP contribution >= 0.6 is 11.3 Å². The average Bonchev–Trinajstić information content (AvgIpc) is 3.08. The van der Waals surface area contributed by atoms with E-state index >= 15 is 0 Å². The van der Waals surface area contributed by atoms with Crippen LogP contribution in [0.4, 0.5) is 5.13 Å². The lowest BCUT2D eigenvalue weighted by Gasteiger charge is -2.08. The van der Waals surface area contributed by atoms with Crippen molar-refractivity contribution in [3.63, 3.8) is 0 Å². The molecule has 2 aromatic carbocycles. The van der Waals surface area contributed by atoms with Gasteiger partial charge in [0.25, 0.3) is 5.91 Å². The standard InChI is InChI=1S/C20H20N2O3S/c1-12-7-13(2)9-14(8-12)19(23)22-20-21-17(11-26-20)16-10-15(24-3)5-6-18(16)25-4/h5-11H,1-4H3,(H,21,22,23). The molecule has 1 heterocycles. The maximum Gasteiger partial charge on any atom is 0.257 e. The summed E-state index contributed by atoms with van der Waals surface area (Å²) < 4.78 is 10.7. The van der Waals surface area contributed by atoms with Gasteiger partial charge in [0.05, 0.1) is 19.9 Å². The fourth-order valence-electron chi connectivity index (χ4n) is 2.74. The summed E-state index contributed by atoms with van der Waals surface area (Å²) in [5, 5.41) is 5.28. The van der Waals surface area contributed by atoms with Crippen LogP contribution in [0.5, 0.6) is 11.5 Å². The quantitative estimate of drug-likeness (QED) is 0.709. The van der Waals surface area contributed by atoms with Crippen LogP contribution in [0.3, 0.4) is 0 Å². The van der Waals surface area contributed by atoms with Crippen LogP contribution in [0.25, 0.3) is 11.3 Å². The molecule has 3 aromatic rings. The number of rotatable bonds is 5. The van der Waals surface area contributed by atoms with Gasteiger partial charge in [0.1, 0.15) is 11.5 Å². The molecule has 0 aliphatic heterocycles. The van der Waals surface area contributed by atoms with Gasteiger partial charge in [-0.15, -0.1) is 11.3 Å². The lowest BCUT2D eigenvalue weighted by atomic mass is 10.1. The molecule has 134 valence electrons. The Hall–Kier alpha value is -2.86. The first-order valence-corrected chi connectivity index (χ1v) is 8.95. The topological polar surface area (TPSA) is 60.5 Å². The maximum absolute atomic E-state index is 12.5. The average molecular weight is 368 g/mol. The Labute approximate surface area is 156 Å². The second kappa shape index (κ2) is 7.58. The number of anilines is 1. The van der Waals surface area contributed by atoms with Crippen molar-refractivity contribution in [3.05, 3.63) is 58.5 Å². The molecule has 0 radical (unpaired) electrons. The highest BCUT2D eigenvalue weighted by Crippen LogP contribution is 2.35. The van der Waals surface area contributed by atoms with Crippen LogP contribution in [0, 0.1) is 13.8 Å². The van der Waals surface area contributed by atoms with Crippen LogP contribution in [0.1, 0.15) is 21.5 Å². The summed E-state index contributed by atoms with van der Waals surface area (Å²) in [6.07, 6.45) is 0. The van der Waals surface area contributed by atoms with E-state index in [1.807, 2.05) is 55.6 Å². The third-order valence-corrected chi connectivity index (χ3v) is 4.65. The van der Waals surface area contributed by atoms with E-state index in [2.05, 4.69) is 10.3 Å². The molecular formula is C20H20N2O3S. The number of carbonyl (C=O) groups excluding carboxylic acids is 1. The van der Waals surface area contributed by atoms with Crippen molar-refractivity contribution < 1.29 is 14.3 Å². The van der Waals surface area contributed by atoms with E-state index in [1.165, 1.54) is 11.3 Å². The van der Waals surface area contributed by atoms with E-state index < -0.39 is 0 Å². The first kappa shape index (κ1) is 17.9. The number of methoxy groups -OCH3 is 2. The third-order valence-electron chi connectivity index (χ3n) is 3.89. The monoisotopic (exact) mass is 368 g/mol. The molecule has 0 unspecified atom stereocenters. The summed E-state index contributed by atoms with van der Waals surface area (Å²) in [4.78, 5) is 17.0. The van der Waals surface area contributed by atoms with Gasteiger partial charge in [0.15, 0.2) is 5.13 Å². The van der Waals surface area contributed by atoms with Gasteiger partial charge in [0, 0.05) is 16.5 Å². The highest BCUT2D eigenvalue weighted by Gasteiger charge is 2.14. The summed E-state index contributed by atoms with van der Waals surface area (Å²) in [5.74, 6) is 1.24. The SMILES string of the molecule is COc1ccc(OC)c(-c2csc(NC(=O)c3cc(C)cc(C)c3)n2)c1. The molecule has 1 amide bonds. The molecule has 0 aliphatic carbocycles. The van der Waals surface area contributed by atoms with Gasteiger partial charge < -0.3 is 9.47 Å². The number of nitrogens with one attached hydrogen (secondary N) is 1. The van der Waals surface area contributed by atoms with Gasteiger partial charge in [-0.1, -0.05) is 17.2 Å². The van der Waals surface area contributed by atoms with Gasteiger partial charge in [-0.25, -0.2) is 4.98 Å². The molecule has 0 spiro atoms. The zero-order valence-electron chi connectivity index (χ0n) is 15.1. The number of ether oxygens (including phenoxy) is 2. The number of thiazole rings is 1. The molecule has 0 fully saturated rings. The minimum absolute atomic E-state index is 0.171. The molecule has 0 bridgehead atoms. The molecule has 1 aromatic heterocycles. The van der Waals surface area contributed by atoms with Crippen molar-refractivity contribution in [3.8, 4) is 22.8 Å². The highest BCUT2D eigenvalue weighted by atomic mass is 32.1. The molecule has 5 nitrogen and oxygen atoms in total. The van der Waals surface area contributed by atoms with Crippen LogP contribution < -0.4 is 14.8 Å². The first-order valence-electron chi connectivity index (χ1n) is 8.07. The van der Waals surface area contributed by atoms with Crippen molar-refractivity contribution in [1.29, 1.82) is 0 Å². The number of hydrogen-bond acceptors (Lipinski definition) is 5. The zero-order valence-corrected chi connectivity index (χ0v) is 15.9. The van der Waals surface area contributed by atoms with Crippen LogP contribution in [0.15, 0.2) is 41.8 Å². The summed E-state index contributed by atoms with van der Waals surface area (Å²) in [6.45, 7) is 3.95. The van der Waals surface area contributed by atoms with E-state index in [1.54, 1.807) is 14.2 Å². The minimum atomic E-state index is -0.171. The lowest BCUT2D eigenvalue weighted by Crippen LogP contribution is -2.12. The molecule has 1 N–H and O–H groups in total. The third kappa shape index (κ3) is 3.86. The molecule has 3 rings (SSSR count). The van der Waals surface area contributed by atoms with Gasteiger partial charge in [-0.3, -0.25) is 10.1 Å². The number of hydrogen-bond donors (Lipinski definition) is 1. The Morgan fingerprint density at radius 2 is 1.77 bits per heavy atom. The second-order valence-electron chi connectivity index (χ2n) is 5.93. The predicted molar refractivity (Wildman–Crippen MR) is 105 cm³/mol. The normalized spacial score (nSPS) is 10.5. The fourth-order valence-corrected chi connectivity index (χ4v) is 3.45. The van der Waals surface area contributed by atoms with E-state index in [0.717, 1.165) is 28.1 Å². The van der Waals surface area contributed by atoms with Crippen molar-refractivity contribution in [2.45, 2.75) is 13.8 Å². The number of amides is 1. The van der Waals surface area contributed by atoms with Gasteiger partial charge in [-0.05, 0) is 44.2 Å². The first-order chi connectivity index (χ1) is 12.5. The van der Waals surface area contributed by atoms with E-state index in [9.17, 15) is 4.79 Å². The Bertz CT molecular complexity index is 930. The van der Waals surface area contributed by atoms with Gasteiger partial charge in [0.2, 0.25) is 0 Å². The number of aromatic nitrogens is 1. The fraction of sp³-hybridized carbons (Fsp3) is 0.200. The van der Waals surface area contributed by atoms with Crippen LogP contribution in [-0.2, 0) is 0 Å². The van der Waals surface area contributed by atoms with E-state index in [4.69, 9.17) is 9.47 Å². The lowest BCUT2D eigenvalue weighted by molar-refractivity contribution is 0.102. The van der Waals surface area contributed by atoms with Crippen molar-refractivity contribution >= 4 is 22.4 Å². The molecule has 0 aliphatic rings. The summed E-state index contributed by atoms with van der Waals surface area (Å²) in [6, 6.07) is 11.3. The summed E-state index contributed by atoms with van der Waals surface area (Å²) in [5.41, 5.74) is 4.27. The van der Waals surface area contributed by atoms with Crippen LogP contribution in [0.2, 0.25) is 0 Å². The van der Waals surface area contributed by atoms with Crippen molar-refractivity contribution in [2.75, 3.05) is 19.5 Å². The number of benzene rings is 2. The molecule has 0 atom stereocenters. The number of nitrogens with zero attached hydrogens (tertiary/aromatic N) is 1. The van der Waals surface area contributed by atoms with Gasteiger partial charge in [-0.2, -0.15) is 0 Å². The second-order valence-corrected chi connectivity index (χ2v) is 6.79. The molecule has 0 saturated heterocycles. The Balaban J connectivity index is 1.85. The maximum atomic E-state index is 12.5. The number of aryl methyl sites for hydroxylation is 2. The zero-order chi connectivity index (χ0) is 18.7. The van der Waals surface area contributed by atoms with Crippen molar-refractivity contribution in [2.24, 2.45) is 0 Å². The Kier molecular flexibility index (Phi) is 5.23. The van der Waals surface area contributed by atoms with E-state index in [0.29, 0.717) is 16.4 Å². The molecular weight excluding hydrogens is 348 g/mol. The summed E-state index contributed by atoms with van der Waals surface area (Å²) in [7, 11) is 3.22. The molecule has 26 heavy (non-hydrogen) atoms. The number of carbonyl (C=O) groups is 1. The largest absolute Gasteiger partial charge is 0.497 e. The Morgan fingerprint density at radius 3 is 2.42 bits per heavy atom. The van der Waals surface area contributed by atoms with Gasteiger partial charge >= 0.3 is 0 Å². The van der Waals surface area contributed by atoms with E-state index in [-0.39, 0.29) is 5.91 Å². The van der Waals surface area contributed by atoms with Crippen molar-refractivity contribution in [1.82, 2.24) is 4.98 Å². The minimum Gasteiger partial charge on any atom is -0.497 e. The smallest absolute Gasteiger partial charge is 0.257 e. The molecule has 6 heteroatoms. The molecule has 0 saturated carbocycles.